The molecule has 86 valence electrons. The molecule has 0 unspecified atom stereocenters. The molecular formula is C14H24O. The third kappa shape index (κ3) is 3.40. The molecule has 1 aliphatic carbocycles. The van der Waals surface area contributed by atoms with E-state index in [1.54, 1.807) is 6.08 Å². The second-order valence-corrected chi connectivity index (χ2v) is 5.12. The smallest absolute Gasteiger partial charge is 0.111 e. The first-order valence-corrected chi connectivity index (χ1v) is 6.02. The zero-order chi connectivity index (χ0) is 11.4. The normalized spacial score (nSPS) is 31.3. The van der Waals surface area contributed by atoms with Crippen molar-refractivity contribution < 1.29 is 4.74 Å². The van der Waals surface area contributed by atoms with Crippen LogP contribution in [0.1, 0.15) is 40.0 Å². The van der Waals surface area contributed by atoms with Crippen LogP contribution in [0.4, 0.5) is 0 Å². The van der Waals surface area contributed by atoms with Gasteiger partial charge in [0.05, 0.1) is 0 Å². The summed E-state index contributed by atoms with van der Waals surface area (Å²) in [6.45, 7) is 14.4. The van der Waals surface area contributed by atoms with Crippen molar-refractivity contribution >= 4 is 0 Å². The van der Waals surface area contributed by atoms with Crippen LogP contribution in [0.2, 0.25) is 0 Å². The number of hydrogen-bond acceptors (Lipinski definition) is 1. The molecule has 1 fully saturated rings. The fraction of sp³-hybridized carbons (Fsp3) is 0.714. The standard InChI is InChI=1S/C14H24O/c1-6-12(5)15-14-9-13(10(2)3)8-7-11(14)4/h6,10-11,13-14H,1,5,7-9H2,2-4H3/t11-,13+,14+/m0/s1. The minimum Gasteiger partial charge on any atom is -0.491 e. The van der Waals surface area contributed by atoms with Crippen LogP contribution in [-0.2, 0) is 4.74 Å². The molecule has 1 nitrogen and oxygen atoms in total. The molecule has 0 saturated heterocycles. The number of hydrogen-bond donors (Lipinski definition) is 0. The third-order valence-corrected chi connectivity index (χ3v) is 3.64. The molecular weight excluding hydrogens is 184 g/mol. The molecule has 0 aliphatic heterocycles. The molecule has 0 amide bonds. The zero-order valence-electron chi connectivity index (χ0n) is 10.3. The van der Waals surface area contributed by atoms with Crippen LogP contribution in [0.5, 0.6) is 0 Å². The van der Waals surface area contributed by atoms with Crippen LogP contribution in [0.25, 0.3) is 0 Å². The maximum atomic E-state index is 5.82. The van der Waals surface area contributed by atoms with Crippen LogP contribution in [0.3, 0.4) is 0 Å². The van der Waals surface area contributed by atoms with E-state index in [0.717, 1.165) is 17.6 Å². The lowest BCUT2D eigenvalue weighted by Gasteiger charge is -2.36. The van der Waals surface area contributed by atoms with Gasteiger partial charge in [-0.15, -0.1) is 0 Å². The maximum Gasteiger partial charge on any atom is 0.111 e. The monoisotopic (exact) mass is 208 g/mol. The van der Waals surface area contributed by atoms with E-state index in [0.29, 0.717) is 12.0 Å². The van der Waals surface area contributed by atoms with Gasteiger partial charge in [0.2, 0.25) is 0 Å². The highest BCUT2D eigenvalue weighted by Gasteiger charge is 2.30. The van der Waals surface area contributed by atoms with Gasteiger partial charge < -0.3 is 4.74 Å². The first-order valence-electron chi connectivity index (χ1n) is 6.02. The van der Waals surface area contributed by atoms with Gasteiger partial charge in [-0.25, -0.2) is 0 Å². The lowest BCUT2D eigenvalue weighted by Crippen LogP contribution is -2.31. The van der Waals surface area contributed by atoms with Crippen LogP contribution < -0.4 is 0 Å². The zero-order valence-corrected chi connectivity index (χ0v) is 10.3. The number of rotatable bonds is 4. The molecule has 3 atom stereocenters. The molecule has 0 radical (unpaired) electrons. The molecule has 0 N–H and O–H groups in total. The van der Waals surface area contributed by atoms with E-state index in [9.17, 15) is 0 Å². The van der Waals surface area contributed by atoms with Crippen LogP contribution >= 0.6 is 0 Å². The summed E-state index contributed by atoms with van der Waals surface area (Å²) < 4.78 is 5.82. The summed E-state index contributed by atoms with van der Waals surface area (Å²) in [5.41, 5.74) is 0. The Morgan fingerprint density at radius 1 is 1.40 bits per heavy atom. The van der Waals surface area contributed by atoms with Crippen molar-refractivity contribution in [1.29, 1.82) is 0 Å². The van der Waals surface area contributed by atoms with Crippen molar-refractivity contribution in [2.45, 2.75) is 46.1 Å². The van der Waals surface area contributed by atoms with E-state index in [-0.39, 0.29) is 0 Å². The average molecular weight is 208 g/mol. The molecule has 0 bridgehead atoms. The molecule has 0 aromatic carbocycles. The Balaban J connectivity index is 2.53. The average Bonchev–Trinajstić information content (AvgIpc) is 2.20. The Hall–Kier alpha value is -0.720. The summed E-state index contributed by atoms with van der Waals surface area (Å²) in [4.78, 5) is 0. The van der Waals surface area contributed by atoms with Crippen molar-refractivity contribution in [2.24, 2.45) is 17.8 Å². The Kier molecular flexibility index (Phi) is 4.44. The Morgan fingerprint density at radius 3 is 2.60 bits per heavy atom. The lowest BCUT2D eigenvalue weighted by molar-refractivity contribution is 0.0173. The molecule has 1 aliphatic rings. The molecule has 0 aromatic rings. The Bertz CT molecular complexity index is 229. The molecule has 0 heterocycles. The highest BCUT2D eigenvalue weighted by atomic mass is 16.5. The van der Waals surface area contributed by atoms with Gasteiger partial charge in [0, 0.05) is 0 Å². The minimum atomic E-state index is 0.344. The topological polar surface area (TPSA) is 9.23 Å². The molecule has 1 rings (SSSR count). The maximum absolute atomic E-state index is 5.82. The van der Waals surface area contributed by atoms with Gasteiger partial charge in [0.1, 0.15) is 11.9 Å². The van der Waals surface area contributed by atoms with Crippen molar-refractivity contribution in [1.82, 2.24) is 0 Å². The highest BCUT2D eigenvalue weighted by molar-refractivity contribution is 5.03. The van der Waals surface area contributed by atoms with Gasteiger partial charge in [-0.1, -0.05) is 33.9 Å². The first-order chi connectivity index (χ1) is 7.04. The van der Waals surface area contributed by atoms with E-state index < -0.39 is 0 Å². The predicted octanol–water partition coefficient (Wildman–Crippen LogP) is 4.16. The van der Waals surface area contributed by atoms with Gasteiger partial charge in [-0.05, 0) is 43.1 Å². The van der Waals surface area contributed by atoms with Crippen LogP contribution in [0.15, 0.2) is 25.0 Å². The first kappa shape index (κ1) is 12.4. The van der Waals surface area contributed by atoms with E-state index in [2.05, 4.69) is 33.9 Å². The minimum absolute atomic E-state index is 0.344. The van der Waals surface area contributed by atoms with Crippen LogP contribution in [-0.4, -0.2) is 6.10 Å². The van der Waals surface area contributed by atoms with E-state index in [1.165, 1.54) is 19.3 Å². The van der Waals surface area contributed by atoms with E-state index >= 15 is 0 Å². The fourth-order valence-electron chi connectivity index (χ4n) is 2.32. The second kappa shape index (κ2) is 5.39. The van der Waals surface area contributed by atoms with Gasteiger partial charge in [0.25, 0.3) is 0 Å². The van der Waals surface area contributed by atoms with Gasteiger partial charge >= 0.3 is 0 Å². The molecule has 0 spiro atoms. The SMILES string of the molecule is C=CC(=C)O[C@@H]1C[C@H](C(C)C)CC[C@@H]1C. The number of allylic oxidation sites excluding steroid dienone is 1. The van der Waals surface area contributed by atoms with Crippen molar-refractivity contribution in [3.8, 4) is 0 Å². The Morgan fingerprint density at radius 2 is 2.07 bits per heavy atom. The largest absolute Gasteiger partial charge is 0.491 e. The quantitative estimate of drug-likeness (QED) is 0.498. The highest BCUT2D eigenvalue weighted by Crippen LogP contribution is 2.35. The third-order valence-electron chi connectivity index (χ3n) is 3.64. The van der Waals surface area contributed by atoms with Crippen molar-refractivity contribution in [2.75, 3.05) is 0 Å². The summed E-state index contributed by atoms with van der Waals surface area (Å²) in [5.74, 6) is 2.94. The lowest BCUT2D eigenvalue weighted by atomic mass is 9.76. The number of ether oxygens (including phenoxy) is 1. The fourth-order valence-corrected chi connectivity index (χ4v) is 2.32. The molecule has 15 heavy (non-hydrogen) atoms. The van der Waals surface area contributed by atoms with Gasteiger partial charge in [-0.3, -0.25) is 0 Å². The van der Waals surface area contributed by atoms with Crippen LogP contribution in [0, 0.1) is 17.8 Å². The molecule has 1 saturated carbocycles. The van der Waals surface area contributed by atoms with Gasteiger partial charge in [0.15, 0.2) is 0 Å². The summed E-state index contributed by atoms with van der Waals surface area (Å²) in [6.07, 6.45) is 5.84. The summed E-state index contributed by atoms with van der Waals surface area (Å²) in [7, 11) is 0. The molecule has 1 heteroatoms. The van der Waals surface area contributed by atoms with Crippen molar-refractivity contribution in [3.05, 3.63) is 25.0 Å². The van der Waals surface area contributed by atoms with Crippen molar-refractivity contribution in [3.63, 3.8) is 0 Å². The summed E-state index contributed by atoms with van der Waals surface area (Å²) >= 11 is 0. The second-order valence-electron chi connectivity index (χ2n) is 5.12. The van der Waals surface area contributed by atoms with E-state index in [4.69, 9.17) is 4.74 Å². The predicted molar refractivity (Wildman–Crippen MR) is 65.6 cm³/mol. The summed E-state index contributed by atoms with van der Waals surface area (Å²) in [6, 6.07) is 0. The summed E-state index contributed by atoms with van der Waals surface area (Å²) in [5, 5.41) is 0. The Labute approximate surface area is 94.2 Å². The molecule has 0 aromatic heterocycles. The van der Waals surface area contributed by atoms with Gasteiger partial charge in [-0.2, -0.15) is 0 Å². The van der Waals surface area contributed by atoms with E-state index in [1.807, 2.05) is 0 Å².